The Labute approximate surface area is 517 Å². The largest absolute Gasteiger partial charge is 0.472 e. The Balaban J connectivity index is 5.19. The number of phosphoric acid groups is 2. The highest BCUT2D eigenvalue weighted by Crippen LogP contribution is 2.45. The zero-order valence-corrected chi connectivity index (χ0v) is 56.4. The van der Waals surface area contributed by atoms with Gasteiger partial charge in [-0.05, 0) is 25.7 Å². The summed E-state index contributed by atoms with van der Waals surface area (Å²) in [5, 5.41) is 10.5. The first kappa shape index (κ1) is 83.1. The summed E-state index contributed by atoms with van der Waals surface area (Å²) in [5.41, 5.74) is 0. The van der Waals surface area contributed by atoms with Crippen molar-refractivity contribution in [3.05, 3.63) is 0 Å². The molecule has 0 fully saturated rings. The van der Waals surface area contributed by atoms with Crippen molar-refractivity contribution in [1.29, 1.82) is 0 Å². The molecule has 85 heavy (non-hydrogen) atoms. The van der Waals surface area contributed by atoms with Gasteiger partial charge in [-0.3, -0.25) is 37.3 Å². The second-order valence-corrected chi connectivity index (χ2v) is 26.8. The minimum absolute atomic E-state index is 0.105. The fourth-order valence-electron chi connectivity index (χ4n) is 9.99. The number of hydrogen-bond acceptors (Lipinski definition) is 15. The number of esters is 4. The SMILES string of the molecule is CCCCCCCCCCCCCCCCCCC(=O)O[C@H](COC(=O)CCCCCCCCCCCCCCC)COP(=O)(O)OC[C@@H](O)COP(=O)(O)OC[C@@H](COC(=O)CCCCCCCCCC)OC(=O)CCCCCCCCCC. The summed E-state index contributed by atoms with van der Waals surface area (Å²) >= 11 is 0. The standard InChI is InChI=1S/C66H128O17P2/c1-5-9-13-17-21-25-27-29-30-31-33-35-37-41-45-49-53-66(71)83-62(57-77-64(69)51-47-43-40-36-34-32-28-26-22-18-14-10-6-2)59-81-85(74,75)79-55-60(67)54-78-84(72,73)80-58-61(82-65(70)52-48-44-39-24-20-16-12-8-4)56-76-63(68)50-46-42-38-23-19-15-11-7-3/h60-62,67H,5-59H2,1-4H3,(H,72,73)(H,74,75)/t60-,61+,62+/m0/s1. The summed E-state index contributed by atoms with van der Waals surface area (Å²) in [7, 11) is -9.88. The normalized spacial score (nSPS) is 14.1. The molecule has 0 heterocycles. The summed E-state index contributed by atoms with van der Waals surface area (Å²) < 4.78 is 68.0. The van der Waals surface area contributed by atoms with Gasteiger partial charge >= 0.3 is 39.5 Å². The first-order chi connectivity index (χ1) is 41.2. The van der Waals surface area contributed by atoms with Gasteiger partial charge in [-0.15, -0.1) is 0 Å². The van der Waals surface area contributed by atoms with Gasteiger partial charge in [0.1, 0.15) is 19.3 Å². The summed E-state index contributed by atoms with van der Waals surface area (Å²) in [6.45, 7) is 4.87. The number of unbranched alkanes of at least 4 members (excludes halogenated alkanes) is 41. The molecule has 0 radical (unpaired) electrons. The van der Waals surface area contributed by atoms with Crippen molar-refractivity contribution in [3.63, 3.8) is 0 Å². The number of hydrogen-bond donors (Lipinski definition) is 3. The highest BCUT2D eigenvalue weighted by Gasteiger charge is 2.30. The molecule has 504 valence electrons. The van der Waals surface area contributed by atoms with Gasteiger partial charge in [-0.2, -0.15) is 0 Å². The summed E-state index contributed by atoms with van der Waals surface area (Å²) in [4.78, 5) is 72.2. The van der Waals surface area contributed by atoms with Gasteiger partial charge in [0, 0.05) is 25.7 Å². The molecular weight excluding hydrogens is 1130 g/mol. The number of ether oxygens (including phenoxy) is 4. The van der Waals surface area contributed by atoms with E-state index in [1.807, 2.05) is 0 Å². The highest BCUT2D eigenvalue weighted by molar-refractivity contribution is 7.47. The van der Waals surface area contributed by atoms with Crippen LogP contribution in [0, 0.1) is 0 Å². The molecule has 0 aliphatic carbocycles. The van der Waals surface area contributed by atoms with Crippen LogP contribution in [-0.2, 0) is 65.4 Å². The van der Waals surface area contributed by atoms with Gasteiger partial charge in [0.05, 0.1) is 26.4 Å². The van der Waals surface area contributed by atoms with Crippen LogP contribution < -0.4 is 0 Å². The van der Waals surface area contributed by atoms with Gasteiger partial charge in [-0.25, -0.2) is 9.13 Å². The third-order valence-corrected chi connectivity index (χ3v) is 17.3. The topological polar surface area (TPSA) is 237 Å². The molecule has 0 spiro atoms. The molecule has 0 saturated carbocycles. The van der Waals surface area contributed by atoms with Crippen LogP contribution >= 0.6 is 15.6 Å². The molecule has 0 aliphatic rings. The Morgan fingerprint density at radius 1 is 0.282 bits per heavy atom. The van der Waals surface area contributed by atoms with E-state index in [1.165, 1.54) is 161 Å². The summed E-state index contributed by atoms with van der Waals surface area (Å²) in [5.74, 6) is -2.13. The molecule has 0 amide bonds. The Hall–Kier alpha value is -1.94. The maximum Gasteiger partial charge on any atom is 0.472 e. The average molecular weight is 1260 g/mol. The predicted molar refractivity (Wildman–Crippen MR) is 340 cm³/mol. The smallest absolute Gasteiger partial charge is 0.462 e. The molecular formula is C66H128O17P2. The Morgan fingerprint density at radius 2 is 0.471 bits per heavy atom. The quantitative estimate of drug-likeness (QED) is 0.0222. The maximum atomic E-state index is 13.0. The van der Waals surface area contributed by atoms with Crippen LogP contribution in [-0.4, -0.2) is 96.7 Å². The van der Waals surface area contributed by atoms with E-state index < -0.39 is 97.5 Å². The number of phosphoric ester groups is 2. The average Bonchev–Trinajstić information content (AvgIpc) is 3.52. The summed E-state index contributed by atoms with van der Waals surface area (Å²) in [6.07, 6.45) is 47.2. The van der Waals surface area contributed by atoms with Crippen LogP contribution in [0.25, 0.3) is 0 Å². The minimum Gasteiger partial charge on any atom is -0.462 e. The molecule has 5 atom stereocenters. The van der Waals surface area contributed by atoms with Crippen molar-refractivity contribution >= 4 is 39.5 Å². The lowest BCUT2D eigenvalue weighted by atomic mass is 10.0. The van der Waals surface area contributed by atoms with Crippen LogP contribution in [0.2, 0.25) is 0 Å². The van der Waals surface area contributed by atoms with E-state index >= 15 is 0 Å². The Morgan fingerprint density at radius 3 is 0.694 bits per heavy atom. The van der Waals surface area contributed by atoms with E-state index in [4.69, 9.17) is 37.0 Å². The van der Waals surface area contributed by atoms with Gasteiger partial charge in [0.2, 0.25) is 0 Å². The molecule has 19 heteroatoms. The van der Waals surface area contributed by atoms with E-state index in [9.17, 15) is 43.2 Å². The second kappa shape index (κ2) is 60.9. The van der Waals surface area contributed by atoms with E-state index in [-0.39, 0.29) is 25.7 Å². The van der Waals surface area contributed by atoms with Crippen molar-refractivity contribution in [2.24, 2.45) is 0 Å². The van der Waals surface area contributed by atoms with Gasteiger partial charge in [0.25, 0.3) is 0 Å². The zero-order chi connectivity index (χ0) is 62.6. The maximum absolute atomic E-state index is 13.0. The van der Waals surface area contributed by atoms with Gasteiger partial charge in [0.15, 0.2) is 12.2 Å². The number of rotatable bonds is 67. The number of aliphatic hydroxyl groups excluding tert-OH is 1. The summed E-state index contributed by atoms with van der Waals surface area (Å²) in [6, 6.07) is 0. The number of aliphatic hydroxyl groups is 1. The van der Waals surface area contributed by atoms with Crippen molar-refractivity contribution in [2.75, 3.05) is 39.6 Å². The van der Waals surface area contributed by atoms with Gasteiger partial charge in [-0.1, -0.05) is 291 Å². The van der Waals surface area contributed by atoms with Crippen LogP contribution in [0.1, 0.15) is 342 Å². The van der Waals surface area contributed by atoms with E-state index in [0.717, 1.165) is 103 Å². The lowest BCUT2D eigenvalue weighted by molar-refractivity contribution is -0.161. The highest BCUT2D eigenvalue weighted by atomic mass is 31.2. The molecule has 0 rings (SSSR count). The van der Waals surface area contributed by atoms with Crippen LogP contribution in [0.4, 0.5) is 0 Å². The lowest BCUT2D eigenvalue weighted by Gasteiger charge is -2.21. The molecule has 0 bridgehead atoms. The zero-order valence-electron chi connectivity index (χ0n) is 54.6. The minimum atomic E-state index is -4.94. The van der Waals surface area contributed by atoms with Gasteiger partial charge < -0.3 is 33.8 Å². The monoisotopic (exact) mass is 1250 g/mol. The first-order valence-corrected chi connectivity index (χ1v) is 37.8. The lowest BCUT2D eigenvalue weighted by Crippen LogP contribution is -2.30. The third kappa shape index (κ3) is 60.7. The fraction of sp³-hybridized carbons (Fsp3) is 0.939. The molecule has 0 aliphatic heterocycles. The Bertz CT molecular complexity index is 1640. The van der Waals surface area contributed by atoms with Crippen LogP contribution in [0.5, 0.6) is 0 Å². The number of carbonyl (C=O) groups excluding carboxylic acids is 4. The predicted octanol–water partition coefficient (Wildman–Crippen LogP) is 18.7. The van der Waals surface area contributed by atoms with Crippen LogP contribution in [0.15, 0.2) is 0 Å². The molecule has 3 N–H and O–H groups in total. The van der Waals surface area contributed by atoms with Crippen molar-refractivity contribution in [3.8, 4) is 0 Å². The molecule has 17 nitrogen and oxygen atoms in total. The molecule has 0 aromatic rings. The van der Waals surface area contributed by atoms with E-state index in [0.29, 0.717) is 25.7 Å². The van der Waals surface area contributed by atoms with E-state index in [1.54, 1.807) is 0 Å². The molecule has 0 aromatic carbocycles. The molecule has 2 unspecified atom stereocenters. The first-order valence-electron chi connectivity index (χ1n) is 34.8. The van der Waals surface area contributed by atoms with Crippen molar-refractivity contribution < 1.29 is 80.2 Å². The molecule has 0 saturated heterocycles. The fourth-order valence-corrected chi connectivity index (χ4v) is 11.6. The molecule has 0 aromatic heterocycles. The van der Waals surface area contributed by atoms with Crippen molar-refractivity contribution in [2.45, 2.75) is 361 Å². The Kier molecular flexibility index (Phi) is 59.6. The van der Waals surface area contributed by atoms with E-state index in [2.05, 4.69) is 27.7 Å². The second-order valence-electron chi connectivity index (χ2n) is 23.9. The third-order valence-electron chi connectivity index (χ3n) is 15.4. The van der Waals surface area contributed by atoms with Crippen molar-refractivity contribution in [1.82, 2.24) is 0 Å². The van der Waals surface area contributed by atoms with Crippen LogP contribution in [0.3, 0.4) is 0 Å². The number of carbonyl (C=O) groups is 4.